The van der Waals surface area contributed by atoms with E-state index in [0.717, 1.165) is 18.4 Å². The van der Waals surface area contributed by atoms with Crippen LogP contribution in [-0.4, -0.2) is 56.9 Å². The number of rotatable bonds is 7. The molecule has 0 aliphatic rings. The van der Waals surface area contributed by atoms with Gasteiger partial charge >= 0.3 is 5.97 Å². The predicted molar refractivity (Wildman–Crippen MR) is 76.6 cm³/mol. The van der Waals surface area contributed by atoms with Crippen LogP contribution in [0.15, 0.2) is 9.72 Å². The molecule has 8 nitrogen and oxygen atoms in total. The molecule has 118 valence electrons. The van der Waals surface area contributed by atoms with Gasteiger partial charge in [0.1, 0.15) is 0 Å². The van der Waals surface area contributed by atoms with Crippen molar-refractivity contribution in [2.24, 2.45) is 0 Å². The summed E-state index contributed by atoms with van der Waals surface area (Å²) in [4.78, 5) is 28.4. The van der Waals surface area contributed by atoms with Crippen molar-refractivity contribution in [3.05, 3.63) is 11.2 Å². The summed E-state index contributed by atoms with van der Waals surface area (Å²) in [6, 6.07) is 0. The molecule has 1 aromatic rings. The maximum Gasteiger partial charge on any atom is 0.358 e. The molecule has 1 amide bonds. The Labute approximate surface area is 127 Å². The van der Waals surface area contributed by atoms with E-state index in [1.807, 2.05) is 0 Å². The van der Waals surface area contributed by atoms with Gasteiger partial charge in [0.25, 0.3) is 10.0 Å². The average molecular weight is 335 g/mol. The van der Waals surface area contributed by atoms with Crippen molar-refractivity contribution in [2.75, 3.05) is 26.7 Å². The van der Waals surface area contributed by atoms with Gasteiger partial charge in [-0.2, -0.15) is 0 Å². The number of aromatic nitrogens is 1. The molecule has 1 heterocycles. The number of carbonyl (C=O) groups is 2. The average Bonchev–Trinajstić information content (AvgIpc) is 2.96. The van der Waals surface area contributed by atoms with Gasteiger partial charge in [0.2, 0.25) is 5.91 Å². The highest BCUT2D eigenvalue weighted by molar-refractivity contribution is 7.91. The molecule has 1 aromatic heterocycles. The van der Waals surface area contributed by atoms with Crippen LogP contribution in [0.5, 0.6) is 0 Å². The van der Waals surface area contributed by atoms with Crippen molar-refractivity contribution < 1.29 is 22.7 Å². The molecular weight excluding hydrogens is 318 g/mol. The lowest BCUT2D eigenvalue weighted by Gasteiger charge is -2.18. The number of hydrogen-bond donors (Lipinski definition) is 1. The summed E-state index contributed by atoms with van der Waals surface area (Å²) in [7, 11) is -2.86. The number of methoxy groups -OCH3 is 1. The number of nitrogens with zero attached hydrogens (tertiary/aromatic N) is 2. The molecule has 0 aliphatic carbocycles. The summed E-state index contributed by atoms with van der Waals surface area (Å²) in [5.74, 6) is -1.18. The number of likely N-dealkylation sites (N-methyl/N-ethyl adjacent to an activating group) is 1. The van der Waals surface area contributed by atoms with Crippen LogP contribution in [0.3, 0.4) is 0 Å². The molecule has 1 N–H and O–H groups in total. The minimum absolute atomic E-state index is 0.262. The summed E-state index contributed by atoms with van der Waals surface area (Å²) in [5.41, 5.74) is 0.942. The quantitative estimate of drug-likeness (QED) is 0.707. The van der Waals surface area contributed by atoms with E-state index in [4.69, 9.17) is 0 Å². The molecule has 0 fully saturated rings. The Morgan fingerprint density at radius 1 is 1.38 bits per heavy atom. The maximum atomic E-state index is 12.1. The molecule has 0 radical (unpaired) electrons. The highest BCUT2D eigenvalue weighted by Crippen LogP contribution is 2.20. The summed E-state index contributed by atoms with van der Waals surface area (Å²) >= 11 is 0.784. The first kappa shape index (κ1) is 17.5. The monoisotopic (exact) mass is 335 g/mol. The second kappa shape index (κ2) is 7.48. The third-order valence-corrected chi connectivity index (χ3v) is 5.46. The lowest BCUT2D eigenvalue weighted by molar-refractivity contribution is -0.129. The van der Waals surface area contributed by atoms with Crippen molar-refractivity contribution in [2.45, 2.75) is 18.1 Å². The number of amides is 1. The Morgan fingerprint density at radius 3 is 2.52 bits per heavy atom. The van der Waals surface area contributed by atoms with Crippen LogP contribution in [0.4, 0.5) is 0 Å². The first-order valence-corrected chi connectivity index (χ1v) is 8.52. The zero-order chi connectivity index (χ0) is 16.0. The van der Waals surface area contributed by atoms with E-state index in [1.54, 1.807) is 13.8 Å². The molecule has 0 aromatic carbocycles. The van der Waals surface area contributed by atoms with Gasteiger partial charge in [-0.15, -0.1) is 11.3 Å². The minimum atomic E-state index is -3.99. The van der Waals surface area contributed by atoms with Crippen molar-refractivity contribution >= 4 is 33.2 Å². The van der Waals surface area contributed by atoms with Crippen molar-refractivity contribution in [3.63, 3.8) is 0 Å². The summed E-state index contributed by atoms with van der Waals surface area (Å²) in [6.07, 6.45) is 0. The Bertz CT molecular complexity index is 607. The molecule has 10 heteroatoms. The van der Waals surface area contributed by atoms with Gasteiger partial charge in [0.05, 0.1) is 19.2 Å². The van der Waals surface area contributed by atoms with Gasteiger partial charge in [-0.3, -0.25) is 4.79 Å². The third kappa shape index (κ3) is 4.22. The number of hydrogen-bond acceptors (Lipinski definition) is 7. The molecule has 0 saturated carbocycles. The van der Waals surface area contributed by atoms with Crippen LogP contribution < -0.4 is 4.72 Å². The zero-order valence-corrected chi connectivity index (χ0v) is 13.6. The van der Waals surface area contributed by atoms with E-state index in [-0.39, 0.29) is 22.4 Å². The van der Waals surface area contributed by atoms with E-state index in [0.29, 0.717) is 13.1 Å². The van der Waals surface area contributed by atoms with Crippen LogP contribution in [0.2, 0.25) is 0 Å². The fourth-order valence-electron chi connectivity index (χ4n) is 1.57. The molecule has 1 rings (SSSR count). The van der Waals surface area contributed by atoms with E-state index in [2.05, 4.69) is 14.4 Å². The van der Waals surface area contributed by atoms with Crippen molar-refractivity contribution in [3.8, 4) is 0 Å². The Morgan fingerprint density at radius 2 is 2.00 bits per heavy atom. The second-order valence-corrected chi connectivity index (χ2v) is 6.69. The van der Waals surface area contributed by atoms with E-state index >= 15 is 0 Å². The number of sulfonamides is 1. The molecule has 0 aliphatic heterocycles. The Hall–Kier alpha value is -1.52. The largest absolute Gasteiger partial charge is 0.464 e. The SMILES string of the molecule is CCN(CC)C(=O)CNS(=O)(=O)c1scnc1C(=O)OC. The third-order valence-electron chi connectivity index (χ3n) is 2.69. The molecular formula is C11H17N3O5S2. The van der Waals surface area contributed by atoms with Gasteiger partial charge in [0.15, 0.2) is 9.90 Å². The number of thiazole rings is 1. The summed E-state index contributed by atoms with van der Waals surface area (Å²) in [5, 5.41) is 0. The molecule has 0 unspecified atom stereocenters. The first-order chi connectivity index (χ1) is 9.87. The summed E-state index contributed by atoms with van der Waals surface area (Å²) < 4.78 is 30.6. The highest BCUT2D eigenvalue weighted by Gasteiger charge is 2.27. The fourth-order valence-corrected chi connectivity index (χ4v) is 3.72. The number of carbonyl (C=O) groups excluding carboxylic acids is 2. The molecule has 0 spiro atoms. The number of ether oxygens (including phenoxy) is 1. The lowest BCUT2D eigenvalue weighted by atomic mass is 10.4. The van der Waals surface area contributed by atoms with Crippen molar-refractivity contribution in [1.29, 1.82) is 0 Å². The lowest BCUT2D eigenvalue weighted by Crippen LogP contribution is -2.40. The maximum absolute atomic E-state index is 12.1. The zero-order valence-electron chi connectivity index (χ0n) is 12.0. The van der Waals surface area contributed by atoms with Crippen LogP contribution in [0.25, 0.3) is 0 Å². The number of esters is 1. The molecule has 0 bridgehead atoms. The topological polar surface area (TPSA) is 106 Å². The standard InChI is InChI=1S/C11H17N3O5S2/c1-4-14(5-2)8(15)6-13-21(17,18)11-9(10(16)19-3)12-7-20-11/h7,13H,4-6H2,1-3H3. The number of nitrogens with one attached hydrogen (secondary N) is 1. The van der Waals surface area contributed by atoms with Crippen LogP contribution in [-0.2, 0) is 19.6 Å². The molecule has 0 atom stereocenters. The normalized spacial score (nSPS) is 11.2. The van der Waals surface area contributed by atoms with Crippen LogP contribution in [0, 0.1) is 0 Å². The van der Waals surface area contributed by atoms with Gasteiger partial charge in [0, 0.05) is 13.1 Å². The van der Waals surface area contributed by atoms with Gasteiger partial charge in [-0.25, -0.2) is 22.9 Å². The van der Waals surface area contributed by atoms with Crippen molar-refractivity contribution in [1.82, 2.24) is 14.6 Å². The predicted octanol–water partition coefficient (Wildman–Crippen LogP) is 0.0764. The smallest absolute Gasteiger partial charge is 0.358 e. The van der Waals surface area contributed by atoms with Gasteiger partial charge in [-0.05, 0) is 13.8 Å². The Balaban J connectivity index is 2.86. The second-order valence-electron chi connectivity index (χ2n) is 3.87. The summed E-state index contributed by atoms with van der Waals surface area (Å²) in [6.45, 7) is 4.21. The van der Waals surface area contributed by atoms with Crippen LogP contribution in [0.1, 0.15) is 24.3 Å². The molecule has 0 saturated heterocycles. The Kier molecular flexibility index (Phi) is 6.24. The minimum Gasteiger partial charge on any atom is -0.464 e. The van der Waals surface area contributed by atoms with Crippen LogP contribution >= 0.6 is 11.3 Å². The molecule has 21 heavy (non-hydrogen) atoms. The highest BCUT2D eigenvalue weighted by atomic mass is 32.2. The fraction of sp³-hybridized carbons (Fsp3) is 0.545. The first-order valence-electron chi connectivity index (χ1n) is 6.16. The van der Waals surface area contributed by atoms with Gasteiger partial charge in [-0.1, -0.05) is 0 Å². The van der Waals surface area contributed by atoms with E-state index < -0.39 is 16.0 Å². The van der Waals surface area contributed by atoms with E-state index in [9.17, 15) is 18.0 Å². The van der Waals surface area contributed by atoms with E-state index in [1.165, 1.54) is 10.4 Å². The van der Waals surface area contributed by atoms with Gasteiger partial charge < -0.3 is 9.64 Å².